The summed E-state index contributed by atoms with van der Waals surface area (Å²) < 4.78 is 29.2. The number of benzene rings is 1. The lowest BCUT2D eigenvalue weighted by Crippen LogP contribution is -2.43. The lowest BCUT2D eigenvalue weighted by Gasteiger charge is -2.33. The number of rotatable bonds is 4. The van der Waals surface area contributed by atoms with Crippen molar-refractivity contribution in [2.75, 3.05) is 0 Å². The molecule has 0 saturated carbocycles. The maximum atomic E-state index is 13.7. The van der Waals surface area contributed by atoms with Crippen LogP contribution in [0.2, 0.25) is 0 Å². The van der Waals surface area contributed by atoms with Crippen LogP contribution >= 0.6 is 0 Å². The molecule has 1 fully saturated rings. The first-order valence-corrected chi connectivity index (χ1v) is 11.6. The number of H-pyrrole nitrogens is 1. The fourth-order valence-electron chi connectivity index (χ4n) is 4.97. The van der Waals surface area contributed by atoms with Crippen LogP contribution in [0.4, 0.5) is 8.78 Å². The summed E-state index contributed by atoms with van der Waals surface area (Å²) in [5.74, 6) is -2.05. The molecule has 1 aliphatic heterocycles. The van der Waals surface area contributed by atoms with Gasteiger partial charge in [-0.25, -0.2) is 18.4 Å². The van der Waals surface area contributed by atoms with Crippen molar-refractivity contribution in [2.24, 2.45) is 0 Å². The first kappa shape index (κ1) is 23.1. The minimum Gasteiger partial charge on any atom is -0.504 e. The van der Waals surface area contributed by atoms with Gasteiger partial charge in [-0.3, -0.25) is 9.78 Å². The van der Waals surface area contributed by atoms with E-state index in [0.717, 1.165) is 24.5 Å². The number of piperidine rings is 1. The Morgan fingerprint density at radius 1 is 1.17 bits per heavy atom. The summed E-state index contributed by atoms with van der Waals surface area (Å²) in [6.07, 6.45) is 3.61. The SMILES string of the molecule is Cc1nn(C2CC(C)NC(C)C2)c2nc(Cc3ccc(-c4cc(F)cc(F)c4O)nc3)[nH]c(=O)c12. The van der Waals surface area contributed by atoms with Crippen molar-refractivity contribution in [3.05, 3.63) is 69.5 Å². The van der Waals surface area contributed by atoms with Gasteiger partial charge < -0.3 is 15.4 Å². The zero-order valence-electron chi connectivity index (χ0n) is 19.6. The third kappa shape index (κ3) is 4.41. The summed E-state index contributed by atoms with van der Waals surface area (Å²) in [7, 11) is 0. The van der Waals surface area contributed by atoms with Crippen LogP contribution < -0.4 is 10.9 Å². The number of fused-ring (bicyclic) bond motifs is 1. The van der Waals surface area contributed by atoms with Crippen LogP contribution in [0.1, 0.15) is 49.8 Å². The maximum Gasteiger partial charge on any atom is 0.262 e. The maximum absolute atomic E-state index is 13.7. The number of aryl methyl sites for hydroxylation is 1. The molecule has 5 rings (SSSR count). The number of pyridine rings is 1. The van der Waals surface area contributed by atoms with Crippen molar-refractivity contribution >= 4 is 11.0 Å². The molecule has 3 aromatic heterocycles. The predicted molar refractivity (Wildman–Crippen MR) is 127 cm³/mol. The van der Waals surface area contributed by atoms with Crippen LogP contribution in [-0.2, 0) is 6.42 Å². The number of aromatic nitrogens is 5. The molecule has 182 valence electrons. The molecule has 0 radical (unpaired) electrons. The Bertz CT molecular complexity index is 1450. The molecule has 0 bridgehead atoms. The molecule has 2 atom stereocenters. The Kier molecular flexibility index (Phi) is 5.84. The van der Waals surface area contributed by atoms with Gasteiger partial charge in [-0.05, 0) is 51.3 Å². The van der Waals surface area contributed by atoms with Crippen molar-refractivity contribution in [2.45, 2.75) is 58.2 Å². The number of halogens is 2. The van der Waals surface area contributed by atoms with Crippen molar-refractivity contribution in [1.82, 2.24) is 30.0 Å². The van der Waals surface area contributed by atoms with E-state index in [0.29, 0.717) is 47.1 Å². The molecular formula is C25H26F2N6O2. The topological polar surface area (TPSA) is 109 Å². The summed E-state index contributed by atoms with van der Waals surface area (Å²) >= 11 is 0. The largest absolute Gasteiger partial charge is 0.504 e. The highest BCUT2D eigenvalue weighted by Crippen LogP contribution is 2.31. The zero-order chi connectivity index (χ0) is 24.9. The molecule has 8 nitrogen and oxygen atoms in total. The molecule has 4 aromatic rings. The number of aromatic amines is 1. The summed E-state index contributed by atoms with van der Waals surface area (Å²) in [6.45, 7) is 6.10. The van der Waals surface area contributed by atoms with Gasteiger partial charge in [0.25, 0.3) is 5.56 Å². The zero-order valence-corrected chi connectivity index (χ0v) is 19.6. The van der Waals surface area contributed by atoms with Crippen LogP contribution in [0.5, 0.6) is 5.75 Å². The van der Waals surface area contributed by atoms with Gasteiger partial charge in [0, 0.05) is 36.3 Å². The van der Waals surface area contributed by atoms with Crippen molar-refractivity contribution < 1.29 is 13.9 Å². The number of aromatic hydroxyl groups is 1. The van der Waals surface area contributed by atoms with Crippen LogP contribution in [0.15, 0.2) is 35.3 Å². The molecule has 1 aliphatic rings. The lowest BCUT2D eigenvalue weighted by molar-refractivity contribution is 0.253. The fourth-order valence-corrected chi connectivity index (χ4v) is 4.97. The van der Waals surface area contributed by atoms with Crippen LogP contribution in [0, 0.1) is 18.6 Å². The Morgan fingerprint density at radius 2 is 1.91 bits per heavy atom. The van der Waals surface area contributed by atoms with E-state index in [1.165, 1.54) is 6.20 Å². The molecule has 1 saturated heterocycles. The van der Waals surface area contributed by atoms with Crippen LogP contribution in [0.3, 0.4) is 0 Å². The number of hydrogen-bond donors (Lipinski definition) is 3. The van der Waals surface area contributed by atoms with Crippen molar-refractivity contribution in [3.63, 3.8) is 0 Å². The summed E-state index contributed by atoms with van der Waals surface area (Å²) in [5, 5.41) is 18.6. The Morgan fingerprint density at radius 3 is 2.60 bits per heavy atom. The fraction of sp³-hybridized carbons (Fsp3) is 0.360. The molecule has 0 spiro atoms. The van der Waals surface area contributed by atoms with Crippen molar-refractivity contribution in [3.8, 4) is 17.0 Å². The third-order valence-corrected chi connectivity index (χ3v) is 6.45. The van der Waals surface area contributed by atoms with Gasteiger partial charge in [-0.1, -0.05) is 6.07 Å². The van der Waals surface area contributed by atoms with E-state index < -0.39 is 17.4 Å². The Balaban J connectivity index is 1.47. The van der Waals surface area contributed by atoms with Crippen molar-refractivity contribution in [1.29, 1.82) is 0 Å². The van der Waals surface area contributed by atoms with E-state index >= 15 is 0 Å². The molecule has 3 N–H and O–H groups in total. The van der Waals surface area contributed by atoms with Gasteiger partial charge in [0.05, 0.1) is 17.4 Å². The normalized spacial score (nSPS) is 20.4. The smallest absolute Gasteiger partial charge is 0.262 e. The minimum absolute atomic E-state index is 0.0354. The highest BCUT2D eigenvalue weighted by Gasteiger charge is 2.28. The van der Waals surface area contributed by atoms with E-state index in [9.17, 15) is 18.7 Å². The van der Waals surface area contributed by atoms with Gasteiger partial charge in [-0.2, -0.15) is 5.10 Å². The lowest BCUT2D eigenvalue weighted by atomic mass is 9.95. The summed E-state index contributed by atoms with van der Waals surface area (Å²) in [6, 6.07) is 5.72. The van der Waals surface area contributed by atoms with E-state index in [2.05, 4.69) is 34.2 Å². The third-order valence-electron chi connectivity index (χ3n) is 6.45. The molecular weight excluding hydrogens is 454 g/mol. The van der Waals surface area contributed by atoms with Gasteiger partial charge in [0.1, 0.15) is 17.0 Å². The standard InChI is InChI=1S/C25H26F2N6O2/c1-12-6-17(7-13(2)29-12)33-24-22(14(3)32-33)25(35)31-21(30-24)8-15-4-5-20(28-11-15)18-9-16(26)10-19(27)23(18)34/h4-5,9-13,17,29,34H,6-8H2,1-3H3,(H,30,31,35). The van der Waals surface area contributed by atoms with Gasteiger partial charge >= 0.3 is 0 Å². The Labute approximate surface area is 200 Å². The quantitative estimate of drug-likeness (QED) is 0.410. The molecule has 35 heavy (non-hydrogen) atoms. The summed E-state index contributed by atoms with van der Waals surface area (Å²) in [5.41, 5.74) is 1.90. The van der Waals surface area contributed by atoms with Gasteiger partial charge in [-0.15, -0.1) is 0 Å². The predicted octanol–water partition coefficient (Wildman–Crippen LogP) is 3.77. The van der Waals surface area contributed by atoms with E-state index in [1.807, 2.05) is 11.6 Å². The van der Waals surface area contributed by atoms with E-state index in [-0.39, 0.29) is 22.9 Å². The Hall–Kier alpha value is -3.66. The second-order valence-corrected chi connectivity index (χ2v) is 9.35. The number of phenols is 1. The first-order chi connectivity index (χ1) is 16.7. The number of nitrogens with zero attached hydrogens (tertiary/aromatic N) is 4. The average Bonchev–Trinajstić information content (AvgIpc) is 3.13. The van der Waals surface area contributed by atoms with Crippen LogP contribution in [-0.4, -0.2) is 41.9 Å². The second-order valence-electron chi connectivity index (χ2n) is 9.35. The number of phenolic OH excluding ortho intramolecular Hbond substituents is 1. The number of nitrogens with one attached hydrogen (secondary N) is 2. The average molecular weight is 481 g/mol. The van der Waals surface area contributed by atoms with Gasteiger partial charge in [0.2, 0.25) is 0 Å². The summed E-state index contributed by atoms with van der Waals surface area (Å²) in [4.78, 5) is 24.7. The first-order valence-electron chi connectivity index (χ1n) is 11.6. The van der Waals surface area contributed by atoms with E-state index in [1.54, 1.807) is 12.1 Å². The molecule has 4 heterocycles. The van der Waals surface area contributed by atoms with Gasteiger partial charge in [0.15, 0.2) is 17.2 Å². The molecule has 2 unspecified atom stereocenters. The van der Waals surface area contributed by atoms with E-state index in [4.69, 9.17) is 4.98 Å². The molecule has 10 heteroatoms. The molecule has 0 amide bonds. The highest BCUT2D eigenvalue weighted by atomic mass is 19.1. The second kappa shape index (κ2) is 8.84. The monoisotopic (exact) mass is 480 g/mol. The minimum atomic E-state index is -1.05. The highest BCUT2D eigenvalue weighted by molar-refractivity contribution is 5.77. The number of hydrogen-bond acceptors (Lipinski definition) is 6. The van der Waals surface area contributed by atoms with Crippen LogP contribution in [0.25, 0.3) is 22.3 Å². The molecule has 0 aliphatic carbocycles. The molecule has 1 aromatic carbocycles.